The maximum atomic E-state index is 15.4. The van der Waals surface area contributed by atoms with Gasteiger partial charge in [-0.3, -0.25) is 0 Å². The summed E-state index contributed by atoms with van der Waals surface area (Å²) >= 11 is 0. The van der Waals surface area contributed by atoms with E-state index in [4.69, 9.17) is 0 Å². The summed E-state index contributed by atoms with van der Waals surface area (Å²) in [7, 11) is 0. The summed E-state index contributed by atoms with van der Waals surface area (Å²) in [6.45, 7) is 3.57. The van der Waals surface area contributed by atoms with E-state index in [0.29, 0.717) is 5.56 Å². The molecule has 5 rings (SSSR count). The molecule has 0 aromatic heterocycles. The van der Waals surface area contributed by atoms with Crippen molar-refractivity contribution in [3.05, 3.63) is 106 Å². The summed E-state index contributed by atoms with van der Waals surface area (Å²) in [4.78, 5) is 0. The Hall–Kier alpha value is -3.23. The normalized spacial score (nSPS) is 11.2. The second-order valence-corrected chi connectivity index (χ2v) is 8.30. The summed E-state index contributed by atoms with van der Waals surface area (Å²) in [5.74, 6) is -13.6. The number of fused-ring (bicyclic) bond motifs is 3. The van der Waals surface area contributed by atoms with Gasteiger partial charge in [0.05, 0.1) is 0 Å². The molecule has 181 valence electrons. The molecule has 0 bridgehead atoms. The van der Waals surface area contributed by atoms with Gasteiger partial charge in [0, 0.05) is 33.2 Å². The Labute approximate surface area is 214 Å². The van der Waals surface area contributed by atoms with E-state index in [1.807, 2.05) is 0 Å². The fourth-order valence-electron chi connectivity index (χ4n) is 4.33. The summed E-state index contributed by atoms with van der Waals surface area (Å²) in [5.41, 5.74) is 1.98. The van der Waals surface area contributed by atoms with Crippen molar-refractivity contribution < 1.29 is 30.7 Å². The van der Waals surface area contributed by atoms with E-state index < -0.39 is 62.3 Å². The van der Waals surface area contributed by atoms with Crippen molar-refractivity contribution in [1.82, 2.24) is 0 Å². The van der Waals surface area contributed by atoms with Crippen LogP contribution in [0.5, 0.6) is 0 Å². The molecular formula is C28H17F7Ga. The van der Waals surface area contributed by atoms with E-state index in [1.54, 1.807) is 50.2 Å². The molecule has 0 atom stereocenters. The Morgan fingerprint density at radius 3 is 1.39 bits per heavy atom. The third-order valence-electron chi connectivity index (χ3n) is 6.04. The minimum atomic E-state index is -2.20. The predicted octanol–water partition coefficient (Wildman–Crippen LogP) is 7.53. The average Bonchev–Trinajstić information content (AvgIpc) is 2.84. The minimum absolute atomic E-state index is 0. The van der Waals surface area contributed by atoms with Crippen LogP contribution in [-0.2, 0) is 0 Å². The molecule has 0 saturated carbocycles. The zero-order valence-electron chi connectivity index (χ0n) is 18.3. The van der Waals surface area contributed by atoms with Crippen LogP contribution in [0.2, 0.25) is 0 Å². The van der Waals surface area contributed by atoms with Gasteiger partial charge in [0.15, 0.2) is 40.7 Å². The van der Waals surface area contributed by atoms with Gasteiger partial charge >= 0.3 is 19.8 Å². The molecule has 5 aromatic rings. The van der Waals surface area contributed by atoms with Gasteiger partial charge < -0.3 is 0 Å². The van der Waals surface area contributed by atoms with Crippen LogP contribution in [0.4, 0.5) is 30.7 Å². The molecule has 1 radical (unpaired) electrons. The topological polar surface area (TPSA) is 0 Å². The molecule has 0 heterocycles. The first-order valence-electron chi connectivity index (χ1n) is 10.5. The van der Waals surface area contributed by atoms with Crippen LogP contribution in [0.25, 0.3) is 43.8 Å². The van der Waals surface area contributed by atoms with E-state index in [2.05, 4.69) is 6.07 Å². The SMILES string of the molecule is Cc1ccc(-c2c(-c3ccc(C)cc3)c3c(F)c(F)c(F)c(F)c3c3c(F)c(F)c(F)[c]c23)cc1.[GaH3]. The molecule has 36 heavy (non-hydrogen) atoms. The van der Waals surface area contributed by atoms with Crippen molar-refractivity contribution in [2.75, 3.05) is 0 Å². The quantitative estimate of drug-likeness (QED) is 0.0694. The molecule has 0 N–H and O–H groups in total. The van der Waals surface area contributed by atoms with Crippen LogP contribution in [0.1, 0.15) is 11.1 Å². The second-order valence-electron chi connectivity index (χ2n) is 8.30. The molecule has 0 saturated heterocycles. The molecule has 8 heteroatoms. The van der Waals surface area contributed by atoms with Crippen molar-refractivity contribution in [1.29, 1.82) is 0 Å². The van der Waals surface area contributed by atoms with Crippen LogP contribution >= 0.6 is 0 Å². The number of hydrogen-bond donors (Lipinski definition) is 0. The monoisotopic (exact) mass is 555 g/mol. The van der Waals surface area contributed by atoms with Gasteiger partial charge in [-0.05, 0) is 30.5 Å². The summed E-state index contributed by atoms with van der Waals surface area (Å²) in [6.07, 6.45) is 0. The average molecular weight is 556 g/mol. The molecule has 0 amide bonds. The van der Waals surface area contributed by atoms with E-state index >= 15 is 13.2 Å². The molecule has 0 fully saturated rings. The van der Waals surface area contributed by atoms with Crippen molar-refractivity contribution in [2.45, 2.75) is 13.8 Å². The Bertz CT molecular complexity index is 1660. The summed E-state index contributed by atoms with van der Waals surface area (Å²) < 4.78 is 103. The van der Waals surface area contributed by atoms with Crippen LogP contribution in [-0.4, -0.2) is 19.8 Å². The van der Waals surface area contributed by atoms with Crippen LogP contribution < -0.4 is 0 Å². The molecule has 0 aliphatic heterocycles. The molecule has 0 unspecified atom stereocenters. The molecule has 5 aromatic carbocycles. The molecule has 0 aliphatic carbocycles. The van der Waals surface area contributed by atoms with Gasteiger partial charge in [0.1, 0.15) is 0 Å². The van der Waals surface area contributed by atoms with E-state index in [1.165, 1.54) is 12.1 Å². The number of aryl methyl sites for hydroxylation is 2. The first-order valence-corrected chi connectivity index (χ1v) is 10.5. The summed E-state index contributed by atoms with van der Waals surface area (Å²) in [6, 6.07) is 14.9. The van der Waals surface area contributed by atoms with Gasteiger partial charge in [-0.15, -0.1) is 0 Å². The number of benzene rings is 5. The zero-order valence-corrected chi connectivity index (χ0v) is 18.3. The van der Waals surface area contributed by atoms with Gasteiger partial charge in [-0.1, -0.05) is 59.7 Å². The molecule has 0 nitrogen and oxygen atoms in total. The first-order chi connectivity index (χ1) is 16.6. The van der Waals surface area contributed by atoms with Crippen molar-refractivity contribution >= 4 is 41.3 Å². The van der Waals surface area contributed by atoms with Crippen LogP contribution in [0.15, 0.2) is 48.5 Å². The maximum absolute atomic E-state index is 15.4. The van der Waals surface area contributed by atoms with E-state index in [0.717, 1.165) is 11.1 Å². The number of hydrogen-bond acceptors (Lipinski definition) is 0. The van der Waals surface area contributed by atoms with Gasteiger partial charge in [0.25, 0.3) is 0 Å². The molecule has 0 spiro atoms. The standard InChI is InChI=1S/C28H14F7.Ga.3H/c1-12-3-7-14(8-4-12)18-16-11-17(29)23(30)24(31)20(16)22-21(25(32)27(34)28(35)26(22)33)19(18)15-9-5-13(2)6-10-15;;;;/h3-10H,1-2H3;;;;. The number of halogens is 7. The van der Waals surface area contributed by atoms with Crippen LogP contribution in [0, 0.1) is 60.6 Å². The number of rotatable bonds is 2. The fraction of sp³-hybridized carbons (Fsp3) is 0.0714. The first kappa shape index (κ1) is 25.8. The third-order valence-corrected chi connectivity index (χ3v) is 6.04. The van der Waals surface area contributed by atoms with E-state index in [9.17, 15) is 17.6 Å². The van der Waals surface area contributed by atoms with E-state index in [-0.39, 0.29) is 36.5 Å². The van der Waals surface area contributed by atoms with Crippen LogP contribution in [0.3, 0.4) is 0 Å². The van der Waals surface area contributed by atoms with Gasteiger partial charge in [0.2, 0.25) is 0 Å². The summed E-state index contributed by atoms with van der Waals surface area (Å²) in [5, 5.41) is -3.24. The second kappa shape index (κ2) is 9.33. The third kappa shape index (κ3) is 3.79. The zero-order chi connectivity index (χ0) is 25.2. The van der Waals surface area contributed by atoms with Crippen molar-refractivity contribution in [2.24, 2.45) is 0 Å². The predicted molar refractivity (Wildman–Crippen MR) is 130 cm³/mol. The Kier molecular flexibility index (Phi) is 6.70. The Morgan fingerprint density at radius 1 is 0.472 bits per heavy atom. The molecular weight excluding hydrogens is 539 g/mol. The van der Waals surface area contributed by atoms with Crippen molar-refractivity contribution in [3.8, 4) is 22.3 Å². The fourth-order valence-corrected chi connectivity index (χ4v) is 4.33. The van der Waals surface area contributed by atoms with Gasteiger partial charge in [-0.2, -0.15) is 0 Å². The van der Waals surface area contributed by atoms with Gasteiger partial charge in [-0.25, -0.2) is 30.7 Å². The Morgan fingerprint density at radius 2 is 0.889 bits per heavy atom. The van der Waals surface area contributed by atoms with Crippen molar-refractivity contribution in [3.63, 3.8) is 0 Å². The molecule has 0 aliphatic rings. The Balaban J connectivity index is 0.00000304.